The predicted molar refractivity (Wildman–Crippen MR) is 148 cm³/mol. The number of benzene rings is 2. The van der Waals surface area contributed by atoms with Crippen molar-refractivity contribution < 1.29 is 19.0 Å². The summed E-state index contributed by atoms with van der Waals surface area (Å²) in [5.74, 6) is 0.614. The molecule has 7 nitrogen and oxygen atoms in total. The highest BCUT2D eigenvalue weighted by atomic mass is 79.9. The fourth-order valence-electron chi connectivity index (χ4n) is 4.32. The molecule has 1 aromatic heterocycles. The van der Waals surface area contributed by atoms with Crippen molar-refractivity contribution in [2.45, 2.75) is 39.7 Å². The minimum atomic E-state index is -0.784. The second-order valence-electron chi connectivity index (χ2n) is 8.53. The molecule has 0 fully saturated rings. The van der Waals surface area contributed by atoms with Crippen LogP contribution in [-0.2, 0) is 9.53 Å². The molecule has 3 aromatic rings. The van der Waals surface area contributed by atoms with Gasteiger partial charge in [0.05, 0.1) is 36.6 Å². The lowest BCUT2D eigenvalue weighted by Gasteiger charge is -2.27. The number of esters is 1. The van der Waals surface area contributed by atoms with Crippen LogP contribution in [-0.4, -0.2) is 31.4 Å². The highest BCUT2D eigenvalue weighted by Crippen LogP contribution is 2.38. The van der Waals surface area contributed by atoms with Crippen molar-refractivity contribution >= 4 is 39.3 Å². The van der Waals surface area contributed by atoms with Crippen LogP contribution in [0.4, 0.5) is 0 Å². The van der Waals surface area contributed by atoms with Crippen LogP contribution in [0.5, 0.6) is 11.5 Å². The Labute approximate surface area is 227 Å². The number of carbonyl (C=O) groups excluding carboxylic acids is 1. The Morgan fingerprint density at radius 2 is 1.95 bits per heavy atom. The first-order chi connectivity index (χ1) is 17.8. The molecule has 1 aliphatic rings. The Hall–Kier alpha value is -3.17. The van der Waals surface area contributed by atoms with Crippen LogP contribution in [0, 0.1) is 6.92 Å². The van der Waals surface area contributed by atoms with Crippen molar-refractivity contribution in [1.29, 1.82) is 0 Å². The number of aromatic nitrogens is 1. The molecule has 37 heavy (non-hydrogen) atoms. The van der Waals surface area contributed by atoms with Gasteiger partial charge in [0, 0.05) is 10.0 Å². The largest absolute Gasteiger partial charge is 0.497 e. The van der Waals surface area contributed by atoms with Crippen LogP contribution in [0.25, 0.3) is 6.08 Å². The van der Waals surface area contributed by atoms with Crippen LogP contribution >= 0.6 is 27.3 Å². The molecule has 4 rings (SSSR count). The maximum atomic E-state index is 13.9. The van der Waals surface area contributed by atoms with Gasteiger partial charge in [0.1, 0.15) is 17.5 Å². The van der Waals surface area contributed by atoms with E-state index < -0.39 is 12.0 Å². The molecule has 2 heterocycles. The van der Waals surface area contributed by atoms with Gasteiger partial charge in [0.15, 0.2) is 4.80 Å². The zero-order valence-corrected chi connectivity index (χ0v) is 23.9. The smallest absolute Gasteiger partial charge is 0.338 e. The number of thiazole rings is 1. The van der Waals surface area contributed by atoms with E-state index in [9.17, 15) is 9.59 Å². The lowest BCUT2D eigenvalue weighted by atomic mass is 9.93. The summed E-state index contributed by atoms with van der Waals surface area (Å²) in [5, 5.41) is 0. The Morgan fingerprint density at radius 3 is 2.59 bits per heavy atom. The number of fused-ring (bicyclic) bond motifs is 1. The van der Waals surface area contributed by atoms with E-state index in [4.69, 9.17) is 19.2 Å². The molecule has 0 saturated heterocycles. The van der Waals surface area contributed by atoms with Gasteiger partial charge in [-0.2, -0.15) is 0 Å². The van der Waals surface area contributed by atoms with E-state index in [0.29, 0.717) is 44.1 Å². The topological polar surface area (TPSA) is 79.1 Å². The van der Waals surface area contributed by atoms with Crippen molar-refractivity contribution in [3.05, 3.63) is 88.5 Å². The second-order valence-corrected chi connectivity index (χ2v) is 10.4. The van der Waals surface area contributed by atoms with E-state index in [0.717, 1.165) is 22.0 Å². The average molecular weight is 586 g/mol. The first-order valence-electron chi connectivity index (χ1n) is 12.0. The van der Waals surface area contributed by atoms with E-state index in [1.807, 2.05) is 38.1 Å². The maximum absolute atomic E-state index is 13.9. The van der Waals surface area contributed by atoms with E-state index in [-0.39, 0.29) is 12.2 Å². The number of allylic oxidation sites excluding steroid dienone is 1. The molecule has 9 heteroatoms. The third-order valence-electron chi connectivity index (χ3n) is 6.12. The van der Waals surface area contributed by atoms with Gasteiger partial charge in [-0.25, -0.2) is 9.79 Å². The number of hydrogen-bond acceptors (Lipinski definition) is 7. The van der Waals surface area contributed by atoms with Gasteiger partial charge in [-0.05, 0) is 61.7 Å². The number of nitrogens with zero attached hydrogens (tertiary/aromatic N) is 2. The lowest BCUT2D eigenvalue weighted by molar-refractivity contribution is -0.139. The molecule has 0 aliphatic carbocycles. The number of aryl methyl sites for hydroxylation is 1. The highest BCUT2D eigenvalue weighted by molar-refractivity contribution is 9.10. The van der Waals surface area contributed by atoms with Gasteiger partial charge in [-0.3, -0.25) is 9.36 Å². The van der Waals surface area contributed by atoms with Crippen molar-refractivity contribution in [3.8, 4) is 11.5 Å². The Kier molecular flexibility index (Phi) is 8.34. The second kappa shape index (κ2) is 11.5. The number of methoxy groups -OCH3 is 2. The fraction of sp³-hybridized carbons (Fsp3) is 0.321. The molecule has 0 unspecified atom stereocenters. The number of hydrogen-bond donors (Lipinski definition) is 0. The summed E-state index contributed by atoms with van der Waals surface area (Å²) >= 11 is 4.87. The molecule has 0 spiro atoms. The molecule has 2 aromatic carbocycles. The Bertz CT molecular complexity index is 1550. The molecule has 0 radical (unpaired) electrons. The van der Waals surface area contributed by atoms with E-state index in [1.165, 1.54) is 11.3 Å². The Balaban J connectivity index is 2.05. The average Bonchev–Trinajstić information content (AvgIpc) is 3.19. The minimum absolute atomic E-state index is 0.205. The Morgan fingerprint density at radius 1 is 1.16 bits per heavy atom. The number of halogens is 1. The van der Waals surface area contributed by atoms with Gasteiger partial charge in [-0.15, -0.1) is 0 Å². The summed E-state index contributed by atoms with van der Waals surface area (Å²) in [6, 6.07) is 10.5. The van der Waals surface area contributed by atoms with E-state index in [1.54, 1.807) is 43.9 Å². The third kappa shape index (κ3) is 5.29. The normalized spacial score (nSPS) is 15.3. The van der Waals surface area contributed by atoms with Crippen LogP contribution in [0.15, 0.2) is 61.9 Å². The summed E-state index contributed by atoms with van der Waals surface area (Å²) in [6.07, 6.45) is 3.18. The summed E-state index contributed by atoms with van der Waals surface area (Å²) in [7, 11) is 3.13. The minimum Gasteiger partial charge on any atom is -0.497 e. The molecular weight excluding hydrogens is 556 g/mol. The van der Waals surface area contributed by atoms with Gasteiger partial charge in [0.25, 0.3) is 5.56 Å². The van der Waals surface area contributed by atoms with Gasteiger partial charge in [-0.1, -0.05) is 52.7 Å². The first kappa shape index (κ1) is 26.9. The SMILES string of the molecule is CCCC1=C(C(=O)OCC)[C@@H](c2cc(OC)ccc2OC)n2c(s/c(=C\c3ccc(C)c(Br)c3)c2=O)=N1. The molecule has 194 valence electrons. The van der Waals surface area contributed by atoms with Crippen molar-refractivity contribution in [2.75, 3.05) is 20.8 Å². The van der Waals surface area contributed by atoms with Crippen LogP contribution in [0.2, 0.25) is 0 Å². The molecule has 0 N–H and O–H groups in total. The molecule has 1 atom stereocenters. The molecular formula is C28H29BrN2O5S. The quantitative estimate of drug-likeness (QED) is 0.360. The summed E-state index contributed by atoms with van der Waals surface area (Å²) in [4.78, 5) is 32.6. The molecule has 0 amide bonds. The van der Waals surface area contributed by atoms with E-state index in [2.05, 4.69) is 15.9 Å². The zero-order chi connectivity index (χ0) is 26.7. The van der Waals surface area contributed by atoms with Crippen LogP contribution in [0.3, 0.4) is 0 Å². The van der Waals surface area contributed by atoms with Crippen LogP contribution < -0.4 is 24.4 Å². The standard InChI is InChI=1S/C28H29BrN2O5S/c1-6-8-21-24(27(33)36-7-2)25(19-15-18(34-4)11-12-22(19)35-5)31-26(32)23(37-28(31)30-21)14-17-10-9-16(3)20(29)13-17/h9-15,25H,6-8H2,1-5H3/b23-14-/t25-/m1/s1. The van der Waals surface area contributed by atoms with Gasteiger partial charge < -0.3 is 14.2 Å². The molecule has 0 bridgehead atoms. The monoisotopic (exact) mass is 584 g/mol. The van der Waals surface area contributed by atoms with Crippen molar-refractivity contribution in [1.82, 2.24) is 4.57 Å². The zero-order valence-electron chi connectivity index (χ0n) is 21.5. The maximum Gasteiger partial charge on any atom is 0.338 e. The summed E-state index contributed by atoms with van der Waals surface area (Å²) in [6.45, 7) is 6.00. The predicted octanol–water partition coefficient (Wildman–Crippen LogP) is 4.67. The van der Waals surface area contributed by atoms with Crippen LogP contribution in [0.1, 0.15) is 49.4 Å². The van der Waals surface area contributed by atoms with Crippen molar-refractivity contribution in [3.63, 3.8) is 0 Å². The first-order valence-corrected chi connectivity index (χ1v) is 13.6. The number of ether oxygens (including phenoxy) is 3. The third-order valence-corrected chi connectivity index (χ3v) is 7.95. The summed E-state index contributed by atoms with van der Waals surface area (Å²) < 4.78 is 19.7. The molecule has 1 aliphatic heterocycles. The lowest BCUT2D eigenvalue weighted by Crippen LogP contribution is -2.40. The van der Waals surface area contributed by atoms with E-state index >= 15 is 0 Å². The number of carbonyl (C=O) groups is 1. The highest BCUT2D eigenvalue weighted by Gasteiger charge is 2.36. The van der Waals surface area contributed by atoms with Gasteiger partial charge >= 0.3 is 5.97 Å². The fourth-order valence-corrected chi connectivity index (χ4v) is 5.73. The van der Waals surface area contributed by atoms with Crippen molar-refractivity contribution in [2.24, 2.45) is 4.99 Å². The van der Waals surface area contributed by atoms with Gasteiger partial charge in [0.2, 0.25) is 0 Å². The number of rotatable bonds is 8. The molecule has 0 saturated carbocycles. The summed E-state index contributed by atoms with van der Waals surface area (Å²) in [5.41, 5.74) is 3.32.